The molecule has 15 nitrogen and oxygen atoms in total. The van der Waals surface area contributed by atoms with Crippen LogP contribution >= 0.6 is 35.3 Å². The Morgan fingerprint density at radius 2 is 0.545 bits per heavy atom. The number of hydrogen-bond donors (Lipinski definition) is 0. The van der Waals surface area contributed by atoms with Gasteiger partial charge in [-0.15, -0.1) is 0 Å². The molecule has 1 aromatic heterocycles. The highest BCUT2D eigenvalue weighted by Crippen LogP contribution is 2.12. The standard InChI is InChI=1S/C48H81N3O12S3/c1-4-7-10-13-16-19-22-31-61-43(55)28-37-64-34-25-40(52)49-46(58)50(41(53)26-35-65-38-29-44(56)62-32-23-20-17-14-11-8-5-2)48(60)51(47(49)59)42(54)27-36-66-39-30-45(57)63-33-24-21-18-15-12-9-6-3/h4-39H2,1-3H3. The lowest BCUT2D eigenvalue weighted by Crippen LogP contribution is -2.59. The predicted octanol–water partition coefficient (Wildman–Crippen LogP) is 9.51. The molecule has 1 rings (SSSR count). The first kappa shape index (κ1) is 60.9. The van der Waals surface area contributed by atoms with E-state index in [9.17, 15) is 43.2 Å². The number of carbonyl (C=O) groups excluding carboxylic acids is 6. The average Bonchev–Trinajstić information content (AvgIpc) is 3.28. The fourth-order valence-corrected chi connectivity index (χ4v) is 9.23. The predicted molar refractivity (Wildman–Crippen MR) is 268 cm³/mol. The normalized spacial score (nSPS) is 11.1. The van der Waals surface area contributed by atoms with E-state index in [-0.39, 0.29) is 87.4 Å². The first-order valence-electron chi connectivity index (χ1n) is 24.8. The molecule has 0 radical (unpaired) electrons. The van der Waals surface area contributed by atoms with E-state index < -0.39 is 34.8 Å². The van der Waals surface area contributed by atoms with Gasteiger partial charge in [0.1, 0.15) is 0 Å². The Morgan fingerprint density at radius 1 is 0.333 bits per heavy atom. The first-order valence-corrected chi connectivity index (χ1v) is 28.3. The van der Waals surface area contributed by atoms with Crippen molar-refractivity contribution in [2.24, 2.45) is 0 Å². The second-order valence-electron chi connectivity index (χ2n) is 16.4. The molecule has 0 unspecified atom stereocenters. The fourth-order valence-electron chi connectivity index (χ4n) is 6.72. The van der Waals surface area contributed by atoms with Crippen LogP contribution in [0.4, 0.5) is 0 Å². The van der Waals surface area contributed by atoms with Crippen LogP contribution in [0.2, 0.25) is 0 Å². The highest BCUT2D eigenvalue weighted by molar-refractivity contribution is 7.99. The topological polar surface area (TPSA) is 196 Å². The Hall–Kier alpha value is -3.12. The molecule has 0 atom stereocenters. The molecule has 0 aliphatic carbocycles. The van der Waals surface area contributed by atoms with Crippen LogP contribution in [0.5, 0.6) is 0 Å². The van der Waals surface area contributed by atoms with Crippen molar-refractivity contribution >= 4 is 70.9 Å². The van der Waals surface area contributed by atoms with Crippen LogP contribution in [0.25, 0.3) is 0 Å². The van der Waals surface area contributed by atoms with Crippen molar-refractivity contribution in [3.05, 3.63) is 31.5 Å². The second-order valence-corrected chi connectivity index (χ2v) is 20.1. The number of unbranched alkanes of at least 4 members (excludes halogenated alkanes) is 18. The molecule has 0 spiro atoms. The molecule has 0 fully saturated rings. The molecular weight excluding hydrogens is 907 g/mol. The number of ether oxygens (including phenoxy) is 3. The van der Waals surface area contributed by atoms with E-state index in [0.29, 0.717) is 37.1 Å². The molecule has 0 aliphatic rings. The van der Waals surface area contributed by atoms with E-state index in [0.717, 1.165) is 57.8 Å². The summed E-state index contributed by atoms with van der Waals surface area (Å²) in [4.78, 5) is 117. The zero-order valence-corrected chi connectivity index (χ0v) is 42.9. The molecule has 0 saturated heterocycles. The van der Waals surface area contributed by atoms with Gasteiger partial charge in [-0.1, -0.05) is 136 Å². The van der Waals surface area contributed by atoms with Crippen LogP contribution in [0.1, 0.15) is 209 Å². The van der Waals surface area contributed by atoms with Crippen molar-refractivity contribution in [3.63, 3.8) is 0 Å². The molecule has 0 aliphatic heterocycles. The summed E-state index contributed by atoms with van der Waals surface area (Å²) in [7, 11) is 0. The van der Waals surface area contributed by atoms with Gasteiger partial charge in [-0.2, -0.15) is 49.0 Å². The van der Waals surface area contributed by atoms with Gasteiger partial charge >= 0.3 is 35.0 Å². The van der Waals surface area contributed by atoms with Crippen LogP contribution in [0, 0.1) is 0 Å². The third kappa shape index (κ3) is 28.9. The molecule has 0 saturated carbocycles. The molecule has 378 valence electrons. The summed E-state index contributed by atoms with van der Waals surface area (Å²) in [5.74, 6) is -2.87. The summed E-state index contributed by atoms with van der Waals surface area (Å²) in [6.07, 6.45) is 22.3. The maximum absolute atomic E-state index is 13.6. The Bertz CT molecular complexity index is 1500. The van der Waals surface area contributed by atoms with Crippen LogP contribution < -0.4 is 17.1 Å². The summed E-state index contributed by atoms with van der Waals surface area (Å²) in [5, 5.41) is 0. The smallest absolute Gasteiger partial charge is 0.350 e. The van der Waals surface area contributed by atoms with Gasteiger partial charge < -0.3 is 14.2 Å². The minimum Gasteiger partial charge on any atom is -0.466 e. The molecule has 1 heterocycles. The summed E-state index contributed by atoms with van der Waals surface area (Å²) in [5.41, 5.74) is -4.40. The van der Waals surface area contributed by atoms with Gasteiger partial charge in [0.25, 0.3) is 0 Å². The van der Waals surface area contributed by atoms with Crippen molar-refractivity contribution in [2.45, 2.75) is 194 Å². The summed E-state index contributed by atoms with van der Waals surface area (Å²) >= 11 is 3.69. The molecule has 18 heteroatoms. The number of hydrogen-bond acceptors (Lipinski definition) is 15. The Morgan fingerprint density at radius 3 is 0.788 bits per heavy atom. The van der Waals surface area contributed by atoms with Gasteiger partial charge in [0.2, 0.25) is 17.7 Å². The molecule has 66 heavy (non-hydrogen) atoms. The molecule has 0 amide bonds. The van der Waals surface area contributed by atoms with Crippen molar-refractivity contribution in [3.8, 4) is 0 Å². The molecule has 0 bridgehead atoms. The minimum atomic E-state index is -1.47. The van der Waals surface area contributed by atoms with Gasteiger partial charge in [0.15, 0.2) is 0 Å². The Labute approximate surface area is 405 Å². The largest absolute Gasteiger partial charge is 0.466 e. The number of esters is 3. The molecule has 1 aromatic rings. The van der Waals surface area contributed by atoms with Crippen LogP contribution in [0.15, 0.2) is 14.4 Å². The zero-order valence-electron chi connectivity index (χ0n) is 40.4. The lowest BCUT2D eigenvalue weighted by molar-refractivity contribution is -0.144. The van der Waals surface area contributed by atoms with Gasteiger partial charge in [-0.05, 0) is 19.3 Å². The van der Waals surface area contributed by atoms with Crippen LogP contribution in [0.3, 0.4) is 0 Å². The quantitative estimate of drug-likeness (QED) is 0.0341. The van der Waals surface area contributed by atoms with Gasteiger partial charge in [0.05, 0.1) is 39.1 Å². The van der Waals surface area contributed by atoms with Crippen molar-refractivity contribution < 1.29 is 43.0 Å². The number of rotatable bonds is 42. The number of nitrogens with zero attached hydrogens (tertiary/aromatic N) is 3. The Kier molecular flexibility index (Phi) is 37.7. The lowest BCUT2D eigenvalue weighted by atomic mass is 10.1. The third-order valence-corrected chi connectivity index (χ3v) is 13.6. The number of thioether (sulfide) groups is 3. The lowest BCUT2D eigenvalue weighted by Gasteiger charge is -2.12. The van der Waals surface area contributed by atoms with Crippen molar-refractivity contribution in [1.29, 1.82) is 0 Å². The summed E-state index contributed by atoms with van der Waals surface area (Å²) in [6.45, 7) is 7.54. The third-order valence-electron chi connectivity index (χ3n) is 10.7. The van der Waals surface area contributed by atoms with Crippen LogP contribution in [-0.4, -0.2) is 104 Å². The molecular formula is C48H81N3O12S3. The average molecular weight is 988 g/mol. The highest BCUT2D eigenvalue weighted by atomic mass is 32.2. The van der Waals surface area contributed by atoms with Crippen molar-refractivity contribution in [1.82, 2.24) is 13.7 Å². The number of aromatic nitrogens is 3. The first-order chi connectivity index (χ1) is 32.0. The monoisotopic (exact) mass is 987 g/mol. The Balaban J connectivity index is 2.84. The van der Waals surface area contributed by atoms with Crippen LogP contribution in [-0.2, 0) is 28.6 Å². The van der Waals surface area contributed by atoms with Gasteiger partial charge in [-0.25, -0.2) is 14.4 Å². The zero-order chi connectivity index (χ0) is 48.6. The van der Waals surface area contributed by atoms with E-state index in [1.54, 1.807) is 0 Å². The fraction of sp³-hybridized carbons (Fsp3) is 0.812. The highest BCUT2D eigenvalue weighted by Gasteiger charge is 2.26. The molecule has 0 aromatic carbocycles. The van der Waals surface area contributed by atoms with E-state index >= 15 is 0 Å². The maximum atomic E-state index is 13.6. The van der Waals surface area contributed by atoms with E-state index in [1.165, 1.54) is 112 Å². The minimum absolute atomic E-state index is 0.104. The molecule has 0 N–H and O–H groups in total. The van der Waals surface area contributed by atoms with E-state index in [4.69, 9.17) is 14.2 Å². The van der Waals surface area contributed by atoms with Gasteiger partial charge in [-0.3, -0.25) is 28.8 Å². The maximum Gasteiger partial charge on any atom is 0.350 e. The summed E-state index contributed by atoms with van der Waals surface area (Å²) in [6, 6.07) is 0. The van der Waals surface area contributed by atoms with Crippen molar-refractivity contribution in [2.75, 3.05) is 54.3 Å². The van der Waals surface area contributed by atoms with Gasteiger partial charge in [0, 0.05) is 53.8 Å². The number of carbonyl (C=O) groups is 6. The van der Waals surface area contributed by atoms with E-state index in [1.807, 2.05) is 0 Å². The SMILES string of the molecule is CCCCCCCCCOC(=O)CCSCCC(=O)n1c(=O)n(C(=O)CCSCCC(=O)OCCCCCCCCC)c(=O)n(C(=O)CCSCCC(=O)OCCCCCCCCC)c1=O. The second kappa shape index (κ2) is 40.9. The summed E-state index contributed by atoms with van der Waals surface area (Å²) < 4.78 is 16.4. The van der Waals surface area contributed by atoms with E-state index in [2.05, 4.69) is 20.8 Å².